The van der Waals surface area contributed by atoms with Gasteiger partial charge in [-0.05, 0) is 57.4 Å². The molecule has 46 heavy (non-hydrogen) atoms. The van der Waals surface area contributed by atoms with E-state index in [1.807, 2.05) is 87.2 Å². The minimum Gasteiger partial charge on any atom is -0.497 e. The first-order valence-electron chi connectivity index (χ1n) is 15.8. The van der Waals surface area contributed by atoms with Crippen molar-refractivity contribution >= 4 is 29.2 Å². The Bertz CT molecular complexity index is 1620. The zero-order chi connectivity index (χ0) is 33.1. The molecule has 10 nitrogen and oxygen atoms in total. The molecule has 4 rings (SSSR count). The Hall–Kier alpha value is -4.86. The number of fused-ring (bicyclic) bond motifs is 1. The molecule has 0 atom stereocenters. The number of likely N-dealkylation sites (tertiary alicyclic amines) is 1. The molecule has 1 fully saturated rings. The van der Waals surface area contributed by atoms with Gasteiger partial charge in [-0.25, -0.2) is 9.78 Å². The third-order valence-corrected chi connectivity index (χ3v) is 7.35. The number of amides is 1. The van der Waals surface area contributed by atoms with E-state index in [1.54, 1.807) is 18.2 Å². The molecular formula is C36H47N7O3. The smallest absolute Gasteiger partial charge is 0.410 e. The van der Waals surface area contributed by atoms with Crippen LogP contribution in [-0.4, -0.2) is 64.6 Å². The van der Waals surface area contributed by atoms with E-state index in [0.717, 1.165) is 58.0 Å². The van der Waals surface area contributed by atoms with Gasteiger partial charge in [0.2, 0.25) is 0 Å². The third kappa shape index (κ3) is 9.57. The van der Waals surface area contributed by atoms with E-state index in [-0.39, 0.29) is 6.09 Å². The van der Waals surface area contributed by atoms with E-state index >= 15 is 0 Å². The molecule has 0 unspecified atom stereocenters. The first-order chi connectivity index (χ1) is 22.1. The predicted octanol–water partition coefficient (Wildman–Crippen LogP) is 6.38. The van der Waals surface area contributed by atoms with Crippen LogP contribution in [0.25, 0.3) is 11.2 Å². The van der Waals surface area contributed by atoms with Crippen molar-refractivity contribution in [2.24, 2.45) is 21.6 Å². The summed E-state index contributed by atoms with van der Waals surface area (Å²) in [7, 11) is 1.65. The van der Waals surface area contributed by atoms with Crippen LogP contribution in [-0.2, 0) is 11.3 Å². The van der Waals surface area contributed by atoms with E-state index in [1.165, 1.54) is 0 Å². The summed E-state index contributed by atoms with van der Waals surface area (Å²) in [6, 6.07) is 12.1. The minimum absolute atomic E-state index is 0.267. The van der Waals surface area contributed by atoms with Crippen molar-refractivity contribution in [3.05, 3.63) is 95.9 Å². The second-order valence-corrected chi connectivity index (χ2v) is 12.4. The lowest BCUT2D eigenvalue weighted by Gasteiger charge is -2.39. The minimum atomic E-state index is -0.488. The standard InChI is InChI=1S/C36H47N7O3/c1-7-8-9-15-39-32(33-23-41-34-18-31(45-6)14-16-43(33)34)17-26(2)40-21-27-10-12-29(13-11-27)30(19-37)22-38-20-28-24-42(25-28)35(44)46-36(3,4)5/h9-19,22-23,28,40H,7-8,20-21,24-25,37H2,1-6H3/b15-9+,26-17+,30-19+,38-22?,39-32-. The van der Waals surface area contributed by atoms with E-state index in [2.05, 4.69) is 40.4 Å². The number of ether oxygens (including phenoxy) is 2. The average Bonchev–Trinajstić information content (AvgIpc) is 3.43. The average molecular weight is 626 g/mol. The summed E-state index contributed by atoms with van der Waals surface area (Å²) >= 11 is 0. The molecule has 244 valence electrons. The number of benzene rings is 1. The van der Waals surface area contributed by atoms with Crippen molar-refractivity contribution in [1.29, 1.82) is 0 Å². The molecule has 0 bridgehead atoms. The lowest BCUT2D eigenvalue weighted by Crippen LogP contribution is -2.52. The van der Waals surface area contributed by atoms with E-state index in [0.29, 0.717) is 32.1 Å². The molecule has 0 spiro atoms. The summed E-state index contributed by atoms with van der Waals surface area (Å²) in [6.07, 6.45) is 14.9. The number of nitrogens with zero attached hydrogens (tertiary/aromatic N) is 5. The van der Waals surface area contributed by atoms with E-state index in [9.17, 15) is 4.79 Å². The van der Waals surface area contributed by atoms with Crippen LogP contribution >= 0.6 is 0 Å². The number of allylic oxidation sites excluding steroid dienone is 4. The van der Waals surface area contributed by atoms with Crippen LogP contribution in [0.3, 0.4) is 0 Å². The van der Waals surface area contributed by atoms with Crippen molar-refractivity contribution in [1.82, 2.24) is 19.6 Å². The van der Waals surface area contributed by atoms with Gasteiger partial charge in [0.05, 0.1) is 24.7 Å². The maximum absolute atomic E-state index is 12.1. The van der Waals surface area contributed by atoms with Crippen molar-refractivity contribution < 1.29 is 14.3 Å². The number of imidazole rings is 1. The summed E-state index contributed by atoms with van der Waals surface area (Å²) in [4.78, 5) is 27.8. The highest BCUT2D eigenvalue weighted by molar-refractivity contribution is 6.09. The SMILES string of the molecule is CCC/C=C/N=C(/C=C(\C)NCc1ccc(/C(C=NCC2CN(C(=O)OC(C)(C)C)C2)=C/N)cc1)c1cnc2cc(OC)ccn12. The van der Waals surface area contributed by atoms with Crippen molar-refractivity contribution in [3.8, 4) is 5.75 Å². The summed E-state index contributed by atoms with van der Waals surface area (Å²) < 4.78 is 12.8. The summed E-state index contributed by atoms with van der Waals surface area (Å²) in [5.41, 5.74) is 11.9. The second-order valence-electron chi connectivity index (χ2n) is 12.4. The van der Waals surface area contributed by atoms with Gasteiger partial charge in [0.15, 0.2) is 0 Å². The Morgan fingerprint density at radius 3 is 2.63 bits per heavy atom. The van der Waals surface area contributed by atoms with E-state index < -0.39 is 5.60 Å². The van der Waals surface area contributed by atoms with Crippen molar-refractivity contribution in [2.75, 3.05) is 26.7 Å². The number of methoxy groups -OCH3 is 1. The van der Waals surface area contributed by atoms with Gasteiger partial charge in [-0.2, -0.15) is 0 Å². The second kappa shape index (κ2) is 15.9. The van der Waals surface area contributed by atoms with Crippen LogP contribution in [0.15, 0.2) is 89.0 Å². The number of nitrogens with two attached hydrogens (primary N) is 1. The number of unbranched alkanes of at least 4 members (excludes halogenated alkanes) is 1. The van der Waals surface area contributed by atoms with Gasteiger partial charge in [0.1, 0.15) is 17.0 Å². The van der Waals surface area contributed by atoms with Crippen LogP contribution in [0, 0.1) is 5.92 Å². The molecule has 1 aliphatic rings. The molecule has 0 saturated carbocycles. The number of nitrogens with one attached hydrogen (secondary N) is 1. The molecule has 1 aromatic carbocycles. The Kier molecular flexibility index (Phi) is 11.8. The fraction of sp³-hybridized carbons (Fsp3) is 0.389. The number of pyridine rings is 1. The molecule has 1 saturated heterocycles. The molecule has 0 aliphatic carbocycles. The molecule has 1 amide bonds. The number of hydrogen-bond donors (Lipinski definition) is 2. The van der Waals surface area contributed by atoms with Crippen molar-refractivity contribution in [3.63, 3.8) is 0 Å². The molecule has 3 heterocycles. The van der Waals surface area contributed by atoms with Crippen LogP contribution < -0.4 is 15.8 Å². The van der Waals surface area contributed by atoms with Crippen LogP contribution in [0.4, 0.5) is 4.79 Å². The lowest BCUT2D eigenvalue weighted by molar-refractivity contribution is 0.000414. The predicted molar refractivity (Wildman–Crippen MR) is 186 cm³/mol. The number of aromatic nitrogens is 2. The van der Waals surface area contributed by atoms with Gasteiger partial charge in [-0.15, -0.1) is 0 Å². The highest BCUT2D eigenvalue weighted by atomic mass is 16.6. The van der Waals surface area contributed by atoms with Crippen LogP contribution in [0.1, 0.15) is 64.3 Å². The van der Waals surface area contributed by atoms with Gasteiger partial charge in [-0.1, -0.05) is 43.7 Å². The Morgan fingerprint density at radius 1 is 1.20 bits per heavy atom. The fourth-order valence-electron chi connectivity index (χ4n) is 4.82. The monoisotopic (exact) mass is 625 g/mol. The number of hydrogen-bond acceptors (Lipinski definition) is 8. The number of carbonyl (C=O) groups excluding carboxylic acids is 1. The Labute approximate surface area is 272 Å². The van der Waals surface area contributed by atoms with E-state index in [4.69, 9.17) is 20.2 Å². The first kappa shape index (κ1) is 34.0. The highest BCUT2D eigenvalue weighted by Crippen LogP contribution is 2.21. The number of carbonyl (C=O) groups is 1. The highest BCUT2D eigenvalue weighted by Gasteiger charge is 2.33. The maximum atomic E-state index is 12.1. The zero-order valence-electron chi connectivity index (χ0n) is 27.9. The van der Waals surface area contributed by atoms with Crippen LogP contribution in [0.2, 0.25) is 0 Å². The largest absolute Gasteiger partial charge is 0.497 e. The molecule has 10 heteroatoms. The van der Waals surface area contributed by atoms with Gasteiger partial charge in [-0.3, -0.25) is 14.4 Å². The van der Waals surface area contributed by atoms with Crippen LogP contribution in [0.5, 0.6) is 5.75 Å². The quantitative estimate of drug-likeness (QED) is 0.213. The summed E-state index contributed by atoms with van der Waals surface area (Å²) in [6.45, 7) is 12.4. The summed E-state index contributed by atoms with van der Waals surface area (Å²) in [5.74, 6) is 1.08. The van der Waals surface area contributed by atoms with Gasteiger partial charge >= 0.3 is 6.09 Å². The molecular weight excluding hydrogens is 578 g/mol. The summed E-state index contributed by atoms with van der Waals surface area (Å²) in [5, 5.41) is 3.51. The fourth-order valence-corrected chi connectivity index (χ4v) is 4.82. The van der Waals surface area contributed by atoms with Gasteiger partial charge in [0.25, 0.3) is 0 Å². The van der Waals surface area contributed by atoms with Gasteiger partial charge in [0, 0.05) is 74.2 Å². The normalized spacial score (nSPS) is 15.2. The lowest BCUT2D eigenvalue weighted by atomic mass is 10.0. The maximum Gasteiger partial charge on any atom is 0.410 e. The molecule has 3 N–H and O–H groups in total. The number of aliphatic imine (C=N–C) groups is 2. The molecule has 2 aromatic heterocycles. The number of rotatable bonds is 13. The first-order valence-corrected chi connectivity index (χ1v) is 15.8. The molecule has 3 aromatic rings. The van der Waals surface area contributed by atoms with Gasteiger partial charge < -0.3 is 25.4 Å². The van der Waals surface area contributed by atoms with Crippen molar-refractivity contribution in [2.45, 2.75) is 59.6 Å². The Balaban J connectivity index is 1.34. The molecule has 1 aliphatic heterocycles. The topological polar surface area (TPSA) is 119 Å². The molecule has 0 radical (unpaired) electrons. The Morgan fingerprint density at radius 2 is 1.96 bits per heavy atom. The third-order valence-electron chi connectivity index (χ3n) is 7.35. The zero-order valence-corrected chi connectivity index (χ0v) is 27.9.